The van der Waals surface area contributed by atoms with Crippen molar-refractivity contribution >= 4 is 5.91 Å². The third-order valence-electron chi connectivity index (χ3n) is 4.41. The molecule has 0 spiro atoms. The molecule has 0 radical (unpaired) electrons. The number of nitrogens with zero attached hydrogens (tertiary/aromatic N) is 1. The Kier molecular flexibility index (Phi) is 8.58. The first-order chi connectivity index (χ1) is 14.0. The highest BCUT2D eigenvalue weighted by molar-refractivity contribution is 5.81. The first-order valence-electron chi connectivity index (χ1n) is 9.57. The highest BCUT2D eigenvalue weighted by Gasteiger charge is 2.19. The lowest BCUT2D eigenvalue weighted by Gasteiger charge is -2.14. The van der Waals surface area contributed by atoms with Crippen molar-refractivity contribution in [1.82, 2.24) is 10.3 Å². The van der Waals surface area contributed by atoms with E-state index in [2.05, 4.69) is 23.8 Å². The molecular formula is C23H28N2O4. The van der Waals surface area contributed by atoms with Gasteiger partial charge in [-0.25, -0.2) is 0 Å². The van der Waals surface area contributed by atoms with E-state index in [1.165, 1.54) is 6.92 Å². The Morgan fingerprint density at radius 3 is 2.66 bits per heavy atom. The second-order valence-corrected chi connectivity index (χ2v) is 6.64. The van der Waals surface area contributed by atoms with Gasteiger partial charge in [0, 0.05) is 17.3 Å². The summed E-state index contributed by atoms with van der Waals surface area (Å²) in [7, 11) is 0. The van der Waals surface area contributed by atoms with E-state index >= 15 is 0 Å². The largest absolute Gasteiger partial charge is 0.489 e. The fourth-order valence-corrected chi connectivity index (χ4v) is 2.63. The number of para-hydroxylation sites is 1. The Hall–Kier alpha value is -2.96. The fraction of sp³-hybridized carbons (Fsp3) is 0.304. The molecule has 0 saturated heterocycles. The number of aliphatic hydroxyl groups is 2. The van der Waals surface area contributed by atoms with Gasteiger partial charge in [0.05, 0.1) is 18.3 Å². The van der Waals surface area contributed by atoms with Crippen LogP contribution in [0.25, 0.3) is 11.1 Å². The SMILES string of the molecule is C=C/C=C(\CC)COc1ccccc1-c1ccc(CNC(=O)C(O)C(C)O)nc1. The molecule has 1 amide bonds. The number of ether oxygens (including phenoxy) is 1. The molecule has 2 aromatic rings. The molecule has 29 heavy (non-hydrogen) atoms. The monoisotopic (exact) mass is 396 g/mol. The maximum absolute atomic E-state index is 11.7. The van der Waals surface area contributed by atoms with Crippen LogP contribution in [0.4, 0.5) is 0 Å². The quantitative estimate of drug-likeness (QED) is 0.537. The standard InChI is InChI=1S/C23H28N2O4/c1-4-8-17(5-2)15-29-21-10-7-6-9-20(21)18-11-12-19(24-13-18)14-25-23(28)22(27)16(3)26/h4,6-13,16,22,26-27H,1,5,14-15H2,2-3H3,(H,25,28)/b17-8+. The van der Waals surface area contributed by atoms with Crippen LogP contribution in [-0.2, 0) is 11.3 Å². The third kappa shape index (κ3) is 6.55. The molecule has 154 valence electrons. The van der Waals surface area contributed by atoms with E-state index in [0.717, 1.165) is 28.9 Å². The van der Waals surface area contributed by atoms with Crippen LogP contribution in [0.5, 0.6) is 5.75 Å². The number of hydrogen-bond donors (Lipinski definition) is 3. The average Bonchev–Trinajstić information content (AvgIpc) is 2.75. The second-order valence-electron chi connectivity index (χ2n) is 6.64. The molecule has 0 saturated carbocycles. The summed E-state index contributed by atoms with van der Waals surface area (Å²) < 4.78 is 6.00. The minimum absolute atomic E-state index is 0.160. The minimum atomic E-state index is -1.46. The van der Waals surface area contributed by atoms with Gasteiger partial charge in [0.2, 0.25) is 0 Å². The summed E-state index contributed by atoms with van der Waals surface area (Å²) in [5.74, 6) is 0.128. The highest BCUT2D eigenvalue weighted by Crippen LogP contribution is 2.29. The van der Waals surface area contributed by atoms with Gasteiger partial charge in [0.15, 0.2) is 6.10 Å². The van der Waals surface area contributed by atoms with Gasteiger partial charge >= 0.3 is 0 Å². The smallest absolute Gasteiger partial charge is 0.251 e. The summed E-state index contributed by atoms with van der Waals surface area (Å²) in [4.78, 5) is 16.1. The minimum Gasteiger partial charge on any atom is -0.489 e. The zero-order valence-corrected chi connectivity index (χ0v) is 16.8. The predicted molar refractivity (Wildman–Crippen MR) is 113 cm³/mol. The van der Waals surface area contributed by atoms with Crippen molar-refractivity contribution in [3.63, 3.8) is 0 Å². The number of amides is 1. The zero-order chi connectivity index (χ0) is 21.2. The first kappa shape index (κ1) is 22.3. The Balaban J connectivity index is 2.07. The third-order valence-corrected chi connectivity index (χ3v) is 4.41. The molecule has 6 heteroatoms. The molecule has 2 rings (SSSR count). The fourth-order valence-electron chi connectivity index (χ4n) is 2.63. The number of aliphatic hydroxyl groups excluding tert-OH is 2. The summed E-state index contributed by atoms with van der Waals surface area (Å²) in [5.41, 5.74) is 3.61. The van der Waals surface area contributed by atoms with E-state index in [1.807, 2.05) is 36.4 Å². The zero-order valence-electron chi connectivity index (χ0n) is 16.8. The summed E-state index contributed by atoms with van der Waals surface area (Å²) in [6, 6.07) is 11.5. The van der Waals surface area contributed by atoms with Crippen molar-refractivity contribution in [3.8, 4) is 16.9 Å². The summed E-state index contributed by atoms with van der Waals surface area (Å²) in [5, 5.41) is 21.3. The molecule has 0 aliphatic heterocycles. The van der Waals surface area contributed by atoms with Crippen molar-refractivity contribution in [3.05, 3.63) is 72.6 Å². The Bertz CT molecular complexity index is 844. The number of carbonyl (C=O) groups excluding carboxylic acids is 1. The van der Waals surface area contributed by atoms with Crippen LogP contribution in [0.15, 0.2) is 66.9 Å². The Labute approximate surface area is 171 Å². The second kappa shape index (κ2) is 11.1. The number of pyridine rings is 1. The van der Waals surface area contributed by atoms with E-state index in [0.29, 0.717) is 12.3 Å². The lowest BCUT2D eigenvalue weighted by molar-refractivity contribution is -0.134. The molecule has 1 aromatic carbocycles. The summed E-state index contributed by atoms with van der Waals surface area (Å²) in [6.45, 7) is 7.81. The summed E-state index contributed by atoms with van der Waals surface area (Å²) >= 11 is 0. The predicted octanol–water partition coefficient (Wildman–Crippen LogP) is 3.01. The maximum atomic E-state index is 11.7. The van der Waals surface area contributed by atoms with Gasteiger partial charge < -0.3 is 20.3 Å². The van der Waals surface area contributed by atoms with Gasteiger partial charge in [0.25, 0.3) is 5.91 Å². The Morgan fingerprint density at radius 1 is 1.28 bits per heavy atom. The van der Waals surface area contributed by atoms with Crippen LogP contribution in [0.3, 0.4) is 0 Å². The number of aromatic nitrogens is 1. The number of nitrogens with one attached hydrogen (secondary N) is 1. The van der Waals surface area contributed by atoms with Crippen molar-refractivity contribution < 1.29 is 19.7 Å². The van der Waals surface area contributed by atoms with Crippen molar-refractivity contribution in [2.24, 2.45) is 0 Å². The van der Waals surface area contributed by atoms with E-state index in [1.54, 1.807) is 18.3 Å². The topological polar surface area (TPSA) is 91.7 Å². The molecule has 1 heterocycles. The van der Waals surface area contributed by atoms with E-state index in [-0.39, 0.29) is 6.54 Å². The van der Waals surface area contributed by atoms with Gasteiger partial charge in [0.1, 0.15) is 12.4 Å². The van der Waals surface area contributed by atoms with E-state index in [9.17, 15) is 15.0 Å². The number of hydrogen-bond acceptors (Lipinski definition) is 5. The van der Waals surface area contributed by atoms with Crippen molar-refractivity contribution in [1.29, 1.82) is 0 Å². The molecule has 0 bridgehead atoms. The molecule has 3 N–H and O–H groups in total. The number of carbonyl (C=O) groups is 1. The molecular weight excluding hydrogens is 368 g/mol. The normalized spacial score (nSPS) is 13.4. The van der Waals surface area contributed by atoms with Gasteiger partial charge in [-0.2, -0.15) is 0 Å². The number of allylic oxidation sites excluding steroid dienone is 2. The van der Waals surface area contributed by atoms with E-state index in [4.69, 9.17) is 4.74 Å². The molecule has 0 aliphatic carbocycles. The van der Waals surface area contributed by atoms with Crippen LogP contribution >= 0.6 is 0 Å². The van der Waals surface area contributed by atoms with Gasteiger partial charge in [-0.1, -0.05) is 49.9 Å². The van der Waals surface area contributed by atoms with Crippen molar-refractivity contribution in [2.45, 2.75) is 39.0 Å². The van der Waals surface area contributed by atoms with Crippen LogP contribution < -0.4 is 10.1 Å². The van der Waals surface area contributed by atoms with E-state index < -0.39 is 18.1 Å². The highest BCUT2D eigenvalue weighted by atomic mass is 16.5. The van der Waals surface area contributed by atoms with Crippen molar-refractivity contribution in [2.75, 3.05) is 6.61 Å². The first-order valence-corrected chi connectivity index (χ1v) is 9.57. The Morgan fingerprint density at radius 2 is 2.03 bits per heavy atom. The maximum Gasteiger partial charge on any atom is 0.251 e. The lowest BCUT2D eigenvalue weighted by atomic mass is 10.1. The van der Waals surface area contributed by atoms with Gasteiger partial charge in [-0.3, -0.25) is 9.78 Å². The van der Waals surface area contributed by atoms with Crippen LogP contribution in [0.1, 0.15) is 26.0 Å². The molecule has 2 atom stereocenters. The summed E-state index contributed by atoms with van der Waals surface area (Å²) in [6.07, 6.45) is 3.74. The number of benzene rings is 1. The molecule has 6 nitrogen and oxygen atoms in total. The van der Waals surface area contributed by atoms with Crippen LogP contribution in [-0.4, -0.2) is 39.9 Å². The number of rotatable bonds is 10. The van der Waals surface area contributed by atoms with Crippen LogP contribution in [0.2, 0.25) is 0 Å². The molecule has 1 aromatic heterocycles. The molecule has 0 aliphatic rings. The van der Waals surface area contributed by atoms with Gasteiger partial charge in [-0.05, 0) is 31.1 Å². The average molecular weight is 396 g/mol. The van der Waals surface area contributed by atoms with Crippen LogP contribution in [0, 0.1) is 0 Å². The van der Waals surface area contributed by atoms with Gasteiger partial charge in [-0.15, -0.1) is 0 Å². The molecule has 0 fully saturated rings. The molecule has 2 unspecified atom stereocenters. The lowest BCUT2D eigenvalue weighted by Crippen LogP contribution is -2.40.